The van der Waals surface area contributed by atoms with E-state index in [1.807, 2.05) is 12.1 Å². The van der Waals surface area contributed by atoms with Gasteiger partial charge in [0.25, 0.3) is 5.91 Å². The third-order valence-electron chi connectivity index (χ3n) is 6.46. The van der Waals surface area contributed by atoms with Crippen molar-refractivity contribution in [3.05, 3.63) is 70.4 Å². The van der Waals surface area contributed by atoms with Gasteiger partial charge in [0.15, 0.2) is 11.5 Å². The van der Waals surface area contributed by atoms with Crippen LogP contribution in [0, 0.1) is 0 Å². The van der Waals surface area contributed by atoms with E-state index in [0.29, 0.717) is 17.1 Å². The average molecular weight is 496 g/mol. The van der Waals surface area contributed by atoms with Crippen LogP contribution >= 0.6 is 11.3 Å². The normalized spacial score (nSPS) is 15.8. The Morgan fingerprint density at radius 2 is 1.63 bits per heavy atom. The van der Waals surface area contributed by atoms with Crippen LogP contribution in [0.5, 0.6) is 17.2 Å². The molecule has 0 radical (unpaired) electrons. The van der Waals surface area contributed by atoms with Crippen LogP contribution in [0.15, 0.2) is 60.0 Å². The standard InChI is InChI=1S/C27H33N3O4S/c1-19(28-27(31)20-7-12-23(33-3)24(18-20)34-4)26(25-6-5-17-35-25)30-15-13-29(14-16-30)21-8-10-22(32-2)11-9-21/h5-12,17-19,26H,13-16H2,1-4H3,(H,28,31)/t19-,26+/m1/s1. The lowest BCUT2D eigenvalue weighted by atomic mass is 10.0. The Morgan fingerprint density at radius 1 is 0.914 bits per heavy atom. The van der Waals surface area contributed by atoms with Gasteiger partial charge >= 0.3 is 0 Å². The van der Waals surface area contributed by atoms with Gasteiger partial charge in [-0.2, -0.15) is 0 Å². The maximum Gasteiger partial charge on any atom is 0.251 e. The van der Waals surface area contributed by atoms with E-state index < -0.39 is 0 Å². The summed E-state index contributed by atoms with van der Waals surface area (Å²) < 4.78 is 16.0. The quantitative estimate of drug-likeness (QED) is 0.473. The van der Waals surface area contributed by atoms with E-state index in [1.54, 1.807) is 50.9 Å². The Bertz CT molecular complexity index is 1100. The van der Waals surface area contributed by atoms with Gasteiger partial charge < -0.3 is 24.4 Å². The van der Waals surface area contributed by atoms with Crippen LogP contribution in [0.25, 0.3) is 0 Å². The number of thiophene rings is 1. The fraction of sp³-hybridized carbons (Fsp3) is 0.370. The molecule has 0 unspecified atom stereocenters. The zero-order valence-corrected chi connectivity index (χ0v) is 21.5. The highest BCUT2D eigenvalue weighted by molar-refractivity contribution is 7.10. The minimum atomic E-state index is -0.128. The van der Waals surface area contributed by atoms with Crippen molar-refractivity contribution in [3.8, 4) is 17.2 Å². The minimum absolute atomic E-state index is 0.0817. The first kappa shape index (κ1) is 24.9. The Hall–Kier alpha value is -3.23. The molecule has 1 aliphatic rings. The summed E-state index contributed by atoms with van der Waals surface area (Å²) in [7, 11) is 4.84. The lowest BCUT2D eigenvalue weighted by Crippen LogP contribution is -2.52. The van der Waals surface area contributed by atoms with Crippen molar-refractivity contribution in [1.82, 2.24) is 10.2 Å². The van der Waals surface area contributed by atoms with Crippen molar-refractivity contribution in [3.63, 3.8) is 0 Å². The molecule has 0 aliphatic carbocycles. The second kappa shape index (κ2) is 11.5. The molecular weight excluding hydrogens is 462 g/mol. The third-order valence-corrected chi connectivity index (χ3v) is 7.40. The summed E-state index contributed by atoms with van der Waals surface area (Å²) in [4.78, 5) is 19.3. The molecule has 1 saturated heterocycles. The minimum Gasteiger partial charge on any atom is -0.497 e. The molecule has 3 aromatic rings. The molecule has 2 heterocycles. The molecular formula is C27H33N3O4S. The van der Waals surface area contributed by atoms with Gasteiger partial charge in [-0.1, -0.05) is 6.07 Å². The highest BCUT2D eigenvalue weighted by Gasteiger charge is 2.31. The zero-order chi connectivity index (χ0) is 24.8. The lowest BCUT2D eigenvalue weighted by molar-refractivity contribution is 0.0890. The van der Waals surface area contributed by atoms with Gasteiger partial charge in [-0.05, 0) is 60.8 Å². The molecule has 0 bridgehead atoms. The van der Waals surface area contributed by atoms with Crippen LogP contribution in [0.3, 0.4) is 0 Å². The summed E-state index contributed by atoms with van der Waals surface area (Å²) in [6, 6.07) is 17.7. The number of nitrogens with zero attached hydrogens (tertiary/aromatic N) is 2. The molecule has 0 spiro atoms. The van der Waals surface area contributed by atoms with Gasteiger partial charge in [-0.15, -0.1) is 11.3 Å². The summed E-state index contributed by atoms with van der Waals surface area (Å²) in [5.41, 5.74) is 1.75. The number of hydrogen-bond acceptors (Lipinski definition) is 7. The van der Waals surface area contributed by atoms with Crippen LogP contribution in [-0.2, 0) is 0 Å². The number of rotatable bonds is 9. The van der Waals surface area contributed by atoms with Gasteiger partial charge in [0.05, 0.1) is 27.4 Å². The first-order chi connectivity index (χ1) is 17.0. The number of methoxy groups -OCH3 is 3. The largest absolute Gasteiger partial charge is 0.497 e. The van der Waals surface area contributed by atoms with Crippen LogP contribution in [-0.4, -0.2) is 64.4 Å². The molecule has 186 valence electrons. The van der Waals surface area contributed by atoms with E-state index in [9.17, 15) is 4.79 Å². The van der Waals surface area contributed by atoms with E-state index in [-0.39, 0.29) is 18.0 Å². The Morgan fingerprint density at radius 3 is 2.23 bits per heavy atom. The molecule has 7 nitrogen and oxygen atoms in total. The van der Waals surface area contributed by atoms with Crippen molar-refractivity contribution < 1.29 is 19.0 Å². The van der Waals surface area contributed by atoms with Gasteiger partial charge in [-0.3, -0.25) is 9.69 Å². The predicted octanol–water partition coefficient (Wildman–Crippen LogP) is 4.46. The van der Waals surface area contributed by atoms with E-state index in [1.165, 1.54) is 10.6 Å². The number of nitrogens with one attached hydrogen (secondary N) is 1. The number of anilines is 1. The number of piperazine rings is 1. The molecule has 2 atom stereocenters. The highest BCUT2D eigenvalue weighted by atomic mass is 32.1. The Kier molecular flexibility index (Phi) is 8.15. The number of amides is 1. The van der Waals surface area contributed by atoms with Crippen molar-refractivity contribution in [2.45, 2.75) is 19.0 Å². The van der Waals surface area contributed by atoms with Gasteiger partial charge in [0.2, 0.25) is 0 Å². The molecule has 1 aliphatic heterocycles. The second-order valence-electron chi connectivity index (χ2n) is 8.51. The molecule has 35 heavy (non-hydrogen) atoms. The number of ether oxygens (including phenoxy) is 3. The van der Waals surface area contributed by atoms with Crippen LogP contribution < -0.4 is 24.4 Å². The third kappa shape index (κ3) is 5.71. The van der Waals surface area contributed by atoms with E-state index in [4.69, 9.17) is 14.2 Å². The summed E-state index contributed by atoms with van der Waals surface area (Å²) in [6.07, 6.45) is 0. The summed E-state index contributed by atoms with van der Waals surface area (Å²) in [6.45, 7) is 5.74. The number of carbonyl (C=O) groups excluding carboxylic acids is 1. The monoisotopic (exact) mass is 495 g/mol. The van der Waals surface area contributed by atoms with Crippen molar-refractivity contribution >= 4 is 22.9 Å². The van der Waals surface area contributed by atoms with E-state index in [2.05, 4.69) is 51.7 Å². The van der Waals surface area contributed by atoms with Gasteiger partial charge in [0, 0.05) is 48.3 Å². The van der Waals surface area contributed by atoms with Crippen LogP contribution in [0.2, 0.25) is 0 Å². The van der Waals surface area contributed by atoms with Gasteiger partial charge in [0.1, 0.15) is 5.75 Å². The molecule has 0 saturated carbocycles. The van der Waals surface area contributed by atoms with E-state index in [0.717, 1.165) is 31.9 Å². The summed E-state index contributed by atoms with van der Waals surface area (Å²) in [5, 5.41) is 5.32. The molecule has 4 rings (SSSR count). The molecule has 2 aromatic carbocycles. The molecule has 1 N–H and O–H groups in total. The zero-order valence-electron chi connectivity index (χ0n) is 20.7. The fourth-order valence-corrected chi connectivity index (χ4v) is 5.56. The van der Waals surface area contributed by atoms with Gasteiger partial charge in [-0.25, -0.2) is 0 Å². The van der Waals surface area contributed by atoms with E-state index >= 15 is 0 Å². The first-order valence-corrected chi connectivity index (χ1v) is 12.6. The first-order valence-electron chi connectivity index (χ1n) is 11.7. The Labute approximate surface area is 211 Å². The lowest BCUT2D eigenvalue weighted by Gasteiger charge is -2.42. The Balaban J connectivity index is 1.45. The smallest absolute Gasteiger partial charge is 0.251 e. The van der Waals surface area contributed by atoms with Crippen LogP contribution in [0.4, 0.5) is 5.69 Å². The second-order valence-corrected chi connectivity index (χ2v) is 9.49. The SMILES string of the molecule is COc1ccc(N2CCN([C@H](c3cccs3)[C@@H](C)NC(=O)c3ccc(OC)c(OC)c3)CC2)cc1. The summed E-state index contributed by atoms with van der Waals surface area (Å²) >= 11 is 1.73. The van der Waals surface area contributed by atoms with Crippen molar-refractivity contribution in [2.24, 2.45) is 0 Å². The molecule has 1 aromatic heterocycles. The predicted molar refractivity (Wildman–Crippen MR) is 140 cm³/mol. The molecule has 1 fully saturated rings. The van der Waals surface area contributed by atoms with Crippen molar-refractivity contribution in [1.29, 1.82) is 0 Å². The van der Waals surface area contributed by atoms with Crippen molar-refractivity contribution in [2.75, 3.05) is 52.4 Å². The number of carbonyl (C=O) groups is 1. The average Bonchev–Trinajstić information content (AvgIpc) is 3.43. The topological polar surface area (TPSA) is 63.3 Å². The maximum atomic E-state index is 13.1. The fourth-order valence-electron chi connectivity index (χ4n) is 4.60. The molecule has 8 heteroatoms. The maximum absolute atomic E-state index is 13.1. The van der Waals surface area contributed by atoms with Crippen LogP contribution in [0.1, 0.15) is 28.2 Å². The highest BCUT2D eigenvalue weighted by Crippen LogP contribution is 2.31. The number of hydrogen-bond donors (Lipinski definition) is 1. The number of benzene rings is 2. The summed E-state index contributed by atoms with van der Waals surface area (Å²) in [5.74, 6) is 1.88. The molecule has 1 amide bonds.